The van der Waals surface area contributed by atoms with Crippen molar-refractivity contribution in [2.24, 2.45) is 5.73 Å². The van der Waals surface area contributed by atoms with Gasteiger partial charge in [-0.05, 0) is 73.4 Å². The Labute approximate surface area is 211 Å². The molecule has 5 aromatic rings. The summed E-state index contributed by atoms with van der Waals surface area (Å²) < 4.78 is 14.4. The van der Waals surface area contributed by atoms with Crippen molar-refractivity contribution in [2.75, 3.05) is 18.0 Å². The van der Waals surface area contributed by atoms with Gasteiger partial charge in [0.25, 0.3) is 0 Å². The van der Waals surface area contributed by atoms with Crippen LogP contribution >= 0.6 is 11.6 Å². The Morgan fingerprint density at radius 2 is 1.78 bits per heavy atom. The van der Waals surface area contributed by atoms with Gasteiger partial charge >= 0.3 is 5.69 Å². The minimum Gasteiger partial charge on any atom is -0.369 e. The van der Waals surface area contributed by atoms with Crippen molar-refractivity contribution < 1.29 is 4.39 Å². The standard InChI is InChI=1S/C27H24ClFN6O/c1-14-8-16(10-17(29)9-14)25-26(35-6-4-18(30)5-7-35)20-12-19(21(28)13-23(20)33-34-25)15-2-3-22-24(11-15)32-27(36)31-22/h2-3,8-13,18H,4-7,30H2,1H3,(H2,31,32,36). The van der Waals surface area contributed by atoms with Crippen LogP contribution in [-0.4, -0.2) is 39.3 Å². The number of nitrogens with zero attached hydrogens (tertiary/aromatic N) is 3. The SMILES string of the molecule is Cc1cc(F)cc(-c2nnc3cc(Cl)c(-c4ccc5[nH]c(=O)[nH]c5c4)cc3c2N2CCC(N)CC2)c1. The number of halogens is 2. The summed E-state index contributed by atoms with van der Waals surface area (Å²) in [5.74, 6) is -0.316. The zero-order chi connectivity index (χ0) is 25.0. The highest BCUT2D eigenvalue weighted by Gasteiger charge is 2.24. The minimum atomic E-state index is -0.316. The smallest absolute Gasteiger partial charge is 0.323 e. The summed E-state index contributed by atoms with van der Waals surface area (Å²) in [6.45, 7) is 3.38. The third kappa shape index (κ3) is 4.02. The summed E-state index contributed by atoms with van der Waals surface area (Å²) in [6.07, 6.45) is 1.70. The Kier molecular flexibility index (Phi) is 5.50. The van der Waals surface area contributed by atoms with E-state index >= 15 is 0 Å². The lowest BCUT2D eigenvalue weighted by molar-refractivity contribution is 0.502. The van der Waals surface area contributed by atoms with E-state index in [9.17, 15) is 9.18 Å². The first-order valence-electron chi connectivity index (χ1n) is 11.9. The van der Waals surface area contributed by atoms with Crippen molar-refractivity contribution >= 4 is 39.2 Å². The van der Waals surface area contributed by atoms with Crippen molar-refractivity contribution in [1.29, 1.82) is 0 Å². The summed E-state index contributed by atoms with van der Waals surface area (Å²) in [4.78, 5) is 19.6. The molecule has 0 radical (unpaired) electrons. The van der Waals surface area contributed by atoms with Crippen molar-refractivity contribution in [3.05, 3.63) is 75.4 Å². The number of rotatable bonds is 3. The number of imidazole rings is 1. The molecule has 1 aliphatic rings. The largest absolute Gasteiger partial charge is 0.369 e. The molecule has 2 aromatic heterocycles. The monoisotopic (exact) mass is 502 g/mol. The molecule has 1 saturated heterocycles. The number of H-pyrrole nitrogens is 2. The Morgan fingerprint density at radius 3 is 2.56 bits per heavy atom. The molecule has 1 aliphatic heterocycles. The van der Waals surface area contributed by atoms with E-state index in [1.54, 1.807) is 0 Å². The van der Waals surface area contributed by atoms with Crippen LogP contribution in [0.1, 0.15) is 18.4 Å². The molecule has 36 heavy (non-hydrogen) atoms. The average molecular weight is 503 g/mol. The molecule has 0 spiro atoms. The van der Waals surface area contributed by atoms with E-state index in [1.165, 1.54) is 12.1 Å². The van der Waals surface area contributed by atoms with E-state index in [0.29, 0.717) is 27.3 Å². The number of aryl methyl sites for hydroxylation is 1. The van der Waals surface area contributed by atoms with Gasteiger partial charge in [-0.25, -0.2) is 9.18 Å². The first kappa shape index (κ1) is 22.7. The number of anilines is 1. The number of fused-ring (bicyclic) bond motifs is 2. The molecule has 0 unspecified atom stereocenters. The molecule has 9 heteroatoms. The molecular formula is C27H24ClFN6O. The van der Waals surface area contributed by atoms with Gasteiger partial charge in [0.15, 0.2) is 0 Å². The van der Waals surface area contributed by atoms with Gasteiger partial charge in [-0.3, -0.25) is 0 Å². The van der Waals surface area contributed by atoms with Crippen LogP contribution in [0.3, 0.4) is 0 Å². The lowest BCUT2D eigenvalue weighted by Crippen LogP contribution is -2.40. The normalized spacial score (nSPS) is 14.7. The van der Waals surface area contributed by atoms with Crippen LogP contribution in [0, 0.1) is 12.7 Å². The fourth-order valence-corrected chi connectivity index (χ4v) is 5.31. The fraction of sp³-hybridized carbons (Fsp3) is 0.222. The number of piperidine rings is 1. The van der Waals surface area contributed by atoms with Gasteiger partial charge in [0.1, 0.15) is 11.5 Å². The van der Waals surface area contributed by atoms with Gasteiger partial charge in [-0.15, -0.1) is 10.2 Å². The minimum absolute atomic E-state index is 0.155. The van der Waals surface area contributed by atoms with Gasteiger partial charge in [0.05, 0.1) is 27.3 Å². The lowest BCUT2D eigenvalue weighted by atomic mass is 9.97. The van der Waals surface area contributed by atoms with Gasteiger partial charge < -0.3 is 20.6 Å². The summed E-state index contributed by atoms with van der Waals surface area (Å²) in [5, 5.41) is 10.4. The first-order valence-corrected chi connectivity index (χ1v) is 12.2. The molecule has 3 heterocycles. The van der Waals surface area contributed by atoms with Gasteiger partial charge in [0, 0.05) is 35.6 Å². The molecule has 182 valence electrons. The Hall–Kier alpha value is -3.75. The predicted octanol–water partition coefficient (Wildman–Crippen LogP) is 5.16. The number of nitrogens with one attached hydrogen (secondary N) is 2. The predicted molar refractivity (Wildman–Crippen MR) is 142 cm³/mol. The fourth-order valence-electron chi connectivity index (χ4n) is 5.05. The molecule has 4 N–H and O–H groups in total. The Balaban J connectivity index is 1.60. The molecule has 7 nitrogen and oxygen atoms in total. The molecule has 0 bridgehead atoms. The highest BCUT2D eigenvalue weighted by molar-refractivity contribution is 6.34. The van der Waals surface area contributed by atoms with Crippen LogP contribution in [-0.2, 0) is 0 Å². The number of hydrogen-bond acceptors (Lipinski definition) is 5. The van der Waals surface area contributed by atoms with Crippen LogP contribution in [0.25, 0.3) is 44.3 Å². The van der Waals surface area contributed by atoms with E-state index in [2.05, 4.69) is 25.1 Å². The van der Waals surface area contributed by atoms with Gasteiger partial charge in [0.2, 0.25) is 0 Å². The highest BCUT2D eigenvalue weighted by Crippen LogP contribution is 2.41. The van der Waals surface area contributed by atoms with Gasteiger partial charge in [-0.2, -0.15) is 0 Å². The Morgan fingerprint density at radius 1 is 1.00 bits per heavy atom. The van der Waals surface area contributed by atoms with Crippen LogP contribution in [0.4, 0.5) is 10.1 Å². The maximum atomic E-state index is 14.4. The van der Waals surface area contributed by atoms with E-state index in [1.807, 2.05) is 43.3 Å². The van der Waals surface area contributed by atoms with E-state index in [-0.39, 0.29) is 17.5 Å². The van der Waals surface area contributed by atoms with Crippen molar-refractivity contribution in [1.82, 2.24) is 20.2 Å². The number of aromatic amines is 2. The first-order chi connectivity index (χ1) is 17.4. The van der Waals surface area contributed by atoms with Crippen LogP contribution in [0.2, 0.25) is 5.02 Å². The summed E-state index contributed by atoms with van der Waals surface area (Å²) in [7, 11) is 0. The average Bonchev–Trinajstić information content (AvgIpc) is 3.22. The molecule has 0 amide bonds. The third-order valence-electron chi connectivity index (χ3n) is 6.82. The summed E-state index contributed by atoms with van der Waals surface area (Å²) in [5.41, 5.74) is 12.7. The van der Waals surface area contributed by atoms with Gasteiger partial charge in [-0.1, -0.05) is 17.7 Å². The van der Waals surface area contributed by atoms with Crippen molar-refractivity contribution in [3.8, 4) is 22.4 Å². The highest BCUT2D eigenvalue weighted by atomic mass is 35.5. The second-order valence-electron chi connectivity index (χ2n) is 9.43. The van der Waals surface area contributed by atoms with Crippen molar-refractivity contribution in [3.63, 3.8) is 0 Å². The summed E-state index contributed by atoms with van der Waals surface area (Å²) >= 11 is 6.72. The van der Waals surface area contributed by atoms with Crippen LogP contribution < -0.4 is 16.3 Å². The van der Waals surface area contributed by atoms with E-state index in [0.717, 1.165) is 59.2 Å². The maximum Gasteiger partial charge on any atom is 0.323 e. The molecule has 0 aliphatic carbocycles. The molecular weight excluding hydrogens is 479 g/mol. The van der Waals surface area contributed by atoms with E-state index < -0.39 is 0 Å². The second kappa shape index (κ2) is 8.72. The lowest BCUT2D eigenvalue weighted by Gasteiger charge is -2.33. The second-order valence-corrected chi connectivity index (χ2v) is 9.83. The quantitative estimate of drug-likeness (QED) is 0.316. The number of aromatic nitrogens is 4. The Bertz CT molecular complexity index is 1670. The zero-order valence-electron chi connectivity index (χ0n) is 19.6. The van der Waals surface area contributed by atoms with Crippen LogP contribution in [0.5, 0.6) is 0 Å². The third-order valence-corrected chi connectivity index (χ3v) is 7.13. The number of nitrogens with two attached hydrogens (primary N) is 1. The van der Waals surface area contributed by atoms with E-state index in [4.69, 9.17) is 17.3 Å². The molecule has 0 saturated carbocycles. The zero-order valence-corrected chi connectivity index (χ0v) is 20.4. The number of benzene rings is 3. The topological polar surface area (TPSA) is 104 Å². The maximum absolute atomic E-state index is 14.4. The molecule has 0 atom stereocenters. The molecule has 3 aromatic carbocycles. The molecule has 1 fully saturated rings. The summed E-state index contributed by atoms with van der Waals surface area (Å²) in [6, 6.07) is 14.6. The van der Waals surface area contributed by atoms with Crippen molar-refractivity contribution in [2.45, 2.75) is 25.8 Å². The van der Waals surface area contributed by atoms with Crippen LogP contribution in [0.15, 0.2) is 53.3 Å². The molecule has 6 rings (SSSR count). The number of hydrogen-bond donors (Lipinski definition) is 3.